The molecule has 1 rings (SSSR count). The number of nitrogens with zero attached hydrogens (tertiary/aromatic N) is 3. The third kappa shape index (κ3) is 1.80. The normalized spacial score (nSPS) is 10.8. The number of nitrogens with two attached hydrogens (primary N) is 1. The second-order valence-corrected chi connectivity index (χ2v) is 2.74. The molecule has 72 valence electrons. The first-order valence-corrected chi connectivity index (χ1v) is 4.00. The van der Waals surface area contributed by atoms with Crippen LogP contribution < -0.4 is 5.73 Å². The number of alkyl halides is 2. The zero-order valence-electron chi connectivity index (χ0n) is 6.87. The lowest BCUT2D eigenvalue weighted by molar-refractivity contribution is 0.139. The third-order valence-electron chi connectivity index (χ3n) is 1.51. The van der Waals surface area contributed by atoms with Crippen molar-refractivity contribution in [1.29, 1.82) is 0 Å². The summed E-state index contributed by atoms with van der Waals surface area (Å²) in [5.41, 5.74) is 4.80. The van der Waals surface area contributed by atoms with E-state index in [4.69, 9.17) is 5.73 Å². The standard InChI is InChI=1S/C6H8F2N4S/c1-2-12-4(5(7)8)3(6(9)13)10-11-12/h5H,2H2,1H3,(H2,9,13). The molecule has 0 saturated carbocycles. The first-order valence-electron chi connectivity index (χ1n) is 3.59. The monoisotopic (exact) mass is 206 g/mol. The summed E-state index contributed by atoms with van der Waals surface area (Å²) < 4.78 is 26.0. The van der Waals surface area contributed by atoms with Gasteiger partial charge in [-0.2, -0.15) is 0 Å². The lowest BCUT2D eigenvalue weighted by Gasteiger charge is -2.02. The highest BCUT2D eigenvalue weighted by molar-refractivity contribution is 7.80. The van der Waals surface area contributed by atoms with Gasteiger partial charge in [0.1, 0.15) is 16.4 Å². The Kier molecular flexibility index (Phi) is 2.86. The van der Waals surface area contributed by atoms with Crippen molar-refractivity contribution in [1.82, 2.24) is 15.0 Å². The summed E-state index contributed by atoms with van der Waals surface area (Å²) in [5, 5.41) is 6.97. The molecule has 4 nitrogen and oxygen atoms in total. The topological polar surface area (TPSA) is 56.7 Å². The Balaban J connectivity index is 3.22. The highest BCUT2D eigenvalue weighted by Gasteiger charge is 2.22. The number of rotatable bonds is 3. The van der Waals surface area contributed by atoms with Crippen molar-refractivity contribution >= 4 is 17.2 Å². The van der Waals surface area contributed by atoms with Gasteiger partial charge in [0.15, 0.2) is 0 Å². The Bertz CT molecular complexity index is 322. The summed E-state index contributed by atoms with van der Waals surface area (Å²) in [6, 6.07) is 0. The summed E-state index contributed by atoms with van der Waals surface area (Å²) in [6.45, 7) is 2.00. The maximum absolute atomic E-state index is 12.5. The van der Waals surface area contributed by atoms with Gasteiger partial charge in [-0.25, -0.2) is 13.5 Å². The fourth-order valence-electron chi connectivity index (χ4n) is 0.945. The molecule has 1 aromatic rings. The number of aryl methyl sites for hydroxylation is 1. The first kappa shape index (κ1) is 9.97. The lowest BCUT2D eigenvalue weighted by atomic mass is 10.3. The molecule has 0 aliphatic heterocycles. The maximum atomic E-state index is 12.5. The molecule has 0 aliphatic carbocycles. The van der Waals surface area contributed by atoms with Crippen molar-refractivity contribution in [3.8, 4) is 0 Å². The second-order valence-electron chi connectivity index (χ2n) is 2.30. The van der Waals surface area contributed by atoms with Crippen molar-refractivity contribution in [2.45, 2.75) is 19.9 Å². The highest BCUT2D eigenvalue weighted by atomic mass is 32.1. The van der Waals surface area contributed by atoms with Crippen LogP contribution in [0.15, 0.2) is 0 Å². The van der Waals surface area contributed by atoms with Gasteiger partial charge in [-0.15, -0.1) is 5.10 Å². The van der Waals surface area contributed by atoms with E-state index in [-0.39, 0.29) is 16.4 Å². The molecule has 0 spiro atoms. The number of thiocarbonyl (C=S) groups is 1. The summed E-state index contributed by atoms with van der Waals surface area (Å²) in [5.74, 6) is 0. The molecular formula is C6H8F2N4S. The molecule has 0 fully saturated rings. The van der Waals surface area contributed by atoms with Crippen molar-refractivity contribution < 1.29 is 8.78 Å². The van der Waals surface area contributed by atoms with E-state index >= 15 is 0 Å². The summed E-state index contributed by atoms with van der Waals surface area (Å²) >= 11 is 4.56. The SMILES string of the molecule is CCn1nnc(C(N)=S)c1C(F)F. The molecule has 0 atom stereocenters. The van der Waals surface area contributed by atoms with Crippen LogP contribution in [0.25, 0.3) is 0 Å². The van der Waals surface area contributed by atoms with Crippen LogP contribution in [-0.2, 0) is 6.54 Å². The van der Waals surface area contributed by atoms with E-state index < -0.39 is 6.43 Å². The van der Waals surface area contributed by atoms with Crippen LogP contribution in [0.5, 0.6) is 0 Å². The minimum absolute atomic E-state index is 0.0909. The molecule has 1 heterocycles. The van der Waals surface area contributed by atoms with E-state index in [0.29, 0.717) is 6.54 Å². The van der Waals surface area contributed by atoms with Crippen molar-refractivity contribution in [2.75, 3.05) is 0 Å². The Morgan fingerprint density at radius 2 is 2.31 bits per heavy atom. The highest BCUT2D eigenvalue weighted by Crippen LogP contribution is 2.20. The fourth-order valence-corrected chi connectivity index (χ4v) is 1.09. The Labute approximate surface area is 78.7 Å². The molecule has 0 saturated heterocycles. The zero-order chi connectivity index (χ0) is 10.0. The average Bonchev–Trinajstić information content (AvgIpc) is 2.46. The number of halogens is 2. The molecule has 0 bridgehead atoms. The molecule has 13 heavy (non-hydrogen) atoms. The number of hydrogen-bond donors (Lipinski definition) is 1. The van der Waals surface area contributed by atoms with Gasteiger partial charge in [-0.1, -0.05) is 17.4 Å². The van der Waals surface area contributed by atoms with Gasteiger partial charge in [0.05, 0.1) is 0 Å². The zero-order valence-corrected chi connectivity index (χ0v) is 7.68. The van der Waals surface area contributed by atoms with E-state index in [2.05, 4.69) is 22.5 Å². The number of aromatic nitrogens is 3. The molecule has 0 radical (unpaired) electrons. The van der Waals surface area contributed by atoms with Gasteiger partial charge in [0, 0.05) is 6.54 Å². The molecule has 2 N–H and O–H groups in total. The van der Waals surface area contributed by atoms with E-state index in [1.165, 1.54) is 0 Å². The van der Waals surface area contributed by atoms with Gasteiger partial charge < -0.3 is 5.73 Å². The largest absolute Gasteiger partial charge is 0.388 e. The molecule has 0 aliphatic rings. The van der Waals surface area contributed by atoms with E-state index in [1.807, 2.05) is 0 Å². The van der Waals surface area contributed by atoms with Crippen LogP contribution in [0, 0.1) is 0 Å². The van der Waals surface area contributed by atoms with Crippen LogP contribution in [0.3, 0.4) is 0 Å². The van der Waals surface area contributed by atoms with Crippen molar-refractivity contribution in [2.24, 2.45) is 5.73 Å². The molecule has 0 aromatic carbocycles. The van der Waals surface area contributed by atoms with Crippen LogP contribution in [-0.4, -0.2) is 20.0 Å². The Hall–Kier alpha value is -1.11. The first-order chi connectivity index (χ1) is 6.07. The van der Waals surface area contributed by atoms with Crippen molar-refractivity contribution in [3.05, 3.63) is 11.4 Å². The summed E-state index contributed by atoms with van der Waals surface area (Å²) in [6.07, 6.45) is -2.66. The van der Waals surface area contributed by atoms with E-state index in [9.17, 15) is 8.78 Å². The molecule has 0 amide bonds. The minimum Gasteiger partial charge on any atom is -0.388 e. The fraction of sp³-hybridized carbons (Fsp3) is 0.500. The maximum Gasteiger partial charge on any atom is 0.282 e. The van der Waals surface area contributed by atoms with Crippen LogP contribution in [0.4, 0.5) is 8.78 Å². The smallest absolute Gasteiger partial charge is 0.282 e. The van der Waals surface area contributed by atoms with Gasteiger partial charge in [-0.05, 0) is 6.92 Å². The third-order valence-corrected chi connectivity index (χ3v) is 1.71. The average molecular weight is 206 g/mol. The number of hydrogen-bond acceptors (Lipinski definition) is 3. The van der Waals surface area contributed by atoms with E-state index in [1.54, 1.807) is 6.92 Å². The van der Waals surface area contributed by atoms with Gasteiger partial charge in [0.2, 0.25) is 0 Å². The molecule has 0 unspecified atom stereocenters. The van der Waals surface area contributed by atoms with E-state index in [0.717, 1.165) is 4.68 Å². The summed E-state index contributed by atoms with van der Waals surface area (Å²) in [7, 11) is 0. The quantitative estimate of drug-likeness (QED) is 0.745. The van der Waals surface area contributed by atoms with Gasteiger partial charge in [-0.3, -0.25) is 0 Å². The molecule has 7 heteroatoms. The van der Waals surface area contributed by atoms with Crippen LogP contribution >= 0.6 is 12.2 Å². The van der Waals surface area contributed by atoms with Gasteiger partial charge >= 0.3 is 0 Å². The predicted octanol–water partition coefficient (Wildman–Crippen LogP) is 0.870. The Morgan fingerprint density at radius 1 is 1.69 bits per heavy atom. The van der Waals surface area contributed by atoms with Crippen LogP contribution in [0.2, 0.25) is 0 Å². The lowest BCUT2D eigenvalue weighted by Crippen LogP contribution is -2.14. The molecular weight excluding hydrogens is 198 g/mol. The van der Waals surface area contributed by atoms with Crippen molar-refractivity contribution in [3.63, 3.8) is 0 Å². The Morgan fingerprint density at radius 3 is 2.69 bits per heavy atom. The second kappa shape index (κ2) is 3.73. The molecule has 1 aromatic heterocycles. The summed E-state index contributed by atoms with van der Waals surface area (Å²) in [4.78, 5) is -0.157. The predicted molar refractivity (Wildman–Crippen MR) is 46.5 cm³/mol. The van der Waals surface area contributed by atoms with Gasteiger partial charge in [0.25, 0.3) is 6.43 Å². The van der Waals surface area contributed by atoms with Crippen LogP contribution in [0.1, 0.15) is 24.7 Å². The minimum atomic E-state index is -2.66.